The summed E-state index contributed by atoms with van der Waals surface area (Å²) < 4.78 is 5.68. The molecule has 0 amide bonds. The van der Waals surface area contributed by atoms with Gasteiger partial charge in [-0.3, -0.25) is 9.59 Å². The number of rotatable bonds is 8. The van der Waals surface area contributed by atoms with Gasteiger partial charge in [-0.1, -0.05) is 77.0 Å². The molecule has 0 heterocycles. The minimum absolute atomic E-state index is 0.0414. The Morgan fingerprint density at radius 1 is 1.00 bits per heavy atom. The summed E-state index contributed by atoms with van der Waals surface area (Å²) >= 11 is 0. The summed E-state index contributed by atoms with van der Waals surface area (Å²) in [6.07, 6.45) is 17.4. The molecule has 200 valence electrons. The zero-order valence-corrected chi connectivity index (χ0v) is 23.4. The van der Waals surface area contributed by atoms with Crippen LogP contribution in [-0.4, -0.2) is 23.1 Å². The molecular formula is C32H48O4. The molecular weight excluding hydrogens is 448 g/mol. The number of hydrogen-bond acceptors (Lipinski definition) is 3. The Balaban J connectivity index is 1.47. The fraction of sp³-hybridized carbons (Fsp3) is 0.750. The van der Waals surface area contributed by atoms with E-state index in [9.17, 15) is 9.59 Å². The predicted molar refractivity (Wildman–Crippen MR) is 144 cm³/mol. The number of carboxylic acids is 1. The van der Waals surface area contributed by atoms with Crippen LogP contribution in [0.1, 0.15) is 99.3 Å². The van der Waals surface area contributed by atoms with Crippen molar-refractivity contribution in [3.05, 3.63) is 35.5 Å². The van der Waals surface area contributed by atoms with Crippen molar-refractivity contribution in [2.45, 2.75) is 105 Å². The van der Waals surface area contributed by atoms with Gasteiger partial charge in [0.25, 0.3) is 0 Å². The highest BCUT2D eigenvalue weighted by atomic mass is 16.5. The van der Waals surface area contributed by atoms with Crippen molar-refractivity contribution >= 4 is 11.9 Å². The molecule has 36 heavy (non-hydrogen) atoms. The fourth-order valence-corrected chi connectivity index (χ4v) is 8.13. The van der Waals surface area contributed by atoms with E-state index in [4.69, 9.17) is 9.84 Å². The molecule has 4 heteroatoms. The number of allylic oxidation sites excluding steroid dienone is 5. The molecule has 1 N–H and O–H groups in total. The highest BCUT2D eigenvalue weighted by molar-refractivity contribution is 5.76. The van der Waals surface area contributed by atoms with Crippen LogP contribution in [0.3, 0.4) is 0 Å². The number of carbonyl (C=O) groups is 2. The first-order valence-electron chi connectivity index (χ1n) is 14.5. The van der Waals surface area contributed by atoms with Gasteiger partial charge in [-0.05, 0) is 84.9 Å². The van der Waals surface area contributed by atoms with Gasteiger partial charge in [0.15, 0.2) is 0 Å². The van der Waals surface area contributed by atoms with Gasteiger partial charge in [0.2, 0.25) is 0 Å². The number of hydrogen-bond donors (Lipinski definition) is 1. The zero-order chi connectivity index (χ0) is 26.3. The maximum Gasteiger partial charge on any atom is 0.306 e. The molecule has 4 aliphatic carbocycles. The third-order valence-corrected chi connectivity index (χ3v) is 10.8. The summed E-state index contributed by atoms with van der Waals surface area (Å²) in [4.78, 5) is 22.9. The lowest BCUT2D eigenvalue weighted by atomic mass is 9.50. The normalized spacial score (nSPS) is 37.4. The van der Waals surface area contributed by atoms with E-state index >= 15 is 0 Å². The van der Waals surface area contributed by atoms with Crippen molar-refractivity contribution in [1.82, 2.24) is 0 Å². The van der Waals surface area contributed by atoms with Crippen LogP contribution in [0.5, 0.6) is 0 Å². The van der Waals surface area contributed by atoms with Crippen molar-refractivity contribution in [2.24, 2.45) is 46.3 Å². The Hall–Kier alpha value is -1.84. The molecule has 8 atom stereocenters. The van der Waals surface area contributed by atoms with Gasteiger partial charge in [-0.25, -0.2) is 0 Å². The highest BCUT2D eigenvalue weighted by Crippen LogP contribution is 2.66. The molecule has 0 aromatic rings. The number of ether oxygens (including phenoxy) is 1. The maximum atomic E-state index is 12.1. The van der Waals surface area contributed by atoms with Gasteiger partial charge in [0, 0.05) is 6.42 Å². The average Bonchev–Trinajstić information content (AvgIpc) is 3.18. The molecule has 3 saturated carbocycles. The largest absolute Gasteiger partial charge is 0.481 e. The van der Waals surface area contributed by atoms with E-state index in [1.807, 2.05) is 0 Å². The molecule has 0 saturated heterocycles. The zero-order valence-electron chi connectivity index (χ0n) is 23.4. The SMILES string of the molecule is CC(C)[C@@H](C)C=C[C@@H](C)[C@H]1CC[C@H]2C3=CC=C4CC(OC(=O)CCC(=O)O)CC[C@]4(C)[C@H]3CC[C@]12C. The molecule has 4 rings (SSSR count). The minimum Gasteiger partial charge on any atom is -0.481 e. The fourth-order valence-electron chi connectivity index (χ4n) is 8.13. The summed E-state index contributed by atoms with van der Waals surface area (Å²) in [5, 5.41) is 8.84. The quantitative estimate of drug-likeness (QED) is 0.276. The molecule has 3 fully saturated rings. The van der Waals surface area contributed by atoms with E-state index in [-0.39, 0.29) is 30.3 Å². The molecule has 4 nitrogen and oxygen atoms in total. The van der Waals surface area contributed by atoms with Crippen LogP contribution in [0.15, 0.2) is 35.5 Å². The second-order valence-corrected chi connectivity index (χ2v) is 13.2. The number of carboxylic acid groups (broad SMARTS) is 1. The Bertz CT molecular complexity index is 942. The number of carbonyl (C=O) groups excluding carboxylic acids is 1. The predicted octanol–water partition coefficient (Wildman–Crippen LogP) is 7.75. The van der Waals surface area contributed by atoms with Gasteiger partial charge < -0.3 is 9.84 Å². The molecule has 0 aliphatic heterocycles. The summed E-state index contributed by atoms with van der Waals surface area (Å²) in [6, 6.07) is 0. The molecule has 0 aromatic heterocycles. The average molecular weight is 497 g/mol. The Labute approximate surface area is 218 Å². The molecule has 0 bridgehead atoms. The van der Waals surface area contributed by atoms with Crippen LogP contribution < -0.4 is 0 Å². The standard InChI is InChI=1S/C32H48O4/c1-20(2)21(3)7-8-22(4)26-11-12-27-25-10-9-23-19-24(36-30(35)14-13-29(33)34)15-17-31(23,5)28(25)16-18-32(26,27)6/h7-10,20-22,24,26-28H,11-19H2,1-6H3,(H,33,34)/t21-,22+,24?,26+,27-,28-,31-,32+/m0/s1. The second kappa shape index (κ2) is 10.5. The van der Waals surface area contributed by atoms with Crippen molar-refractivity contribution < 1.29 is 19.4 Å². The molecule has 1 unspecified atom stereocenters. The summed E-state index contributed by atoms with van der Waals surface area (Å²) in [5.41, 5.74) is 3.66. The lowest BCUT2D eigenvalue weighted by Crippen LogP contribution is -2.46. The van der Waals surface area contributed by atoms with Crippen LogP contribution in [0, 0.1) is 46.3 Å². The summed E-state index contributed by atoms with van der Waals surface area (Å²) in [6.45, 7) is 14.4. The van der Waals surface area contributed by atoms with Crippen LogP contribution in [-0.2, 0) is 14.3 Å². The molecule has 0 spiro atoms. The molecule has 0 aromatic carbocycles. The monoisotopic (exact) mass is 496 g/mol. The third kappa shape index (κ3) is 5.11. The van der Waals surface area contributed by atoms with E-state index in [2.05, 4.69) is 65.8 Å². The van der Waals surface area contributed by atoms with E-state index in [0.717, 1.165) is 25.2 Å². The minimum atomic E-state index is -0.954. The van der Waals surface area contributed by atoms with Crippen LogP contribution in [0.4, 0.5) is 0 Å². The molecule has 0 radical (unpaired) electrons. The van der Waals surface area contributed by atoms with Crippen molar-refractivity contribution in [1.29, 1.82) is 0 Å². The Morgan fingerprint density at radius 2 is 1.75 bits per heavy atom. The first-order valence-corrected chi connectivity index (χ1v) is 14.5. The number of fused-ring (bicyclic) bond motifs is 5. The third-order valence-electron chi connectivity index (χ3n) is 10.8. The second-order valence-electron chi connectivity index (χ2n) is 13.2. The Morgan fingerprint density at radius 3 is 2.44 bits per heavy atom. The number of aliphatic carboxylic acids is 1. The Kier molecular flexibility index (Phi) is 7.93. The lowest BCUT2D eigenvalue weighted by Gasteiger charge is -2.55. The van der Waals surface area contributed by atoms with E-state index in [0.29, 0.717) is 35.0 Å². The first-order chi connectivity index (χ1) is 17.0. The van der Waals surface area contributed by atoms with Gasteiger partial charge in [-0.2, -0.15) is 0 Å². The summed E-state index contributed by atoms with van der Waals surface area (Å²) in [5.74, 6) is 2.64. The van der Waals surface area contributed by atoms with Gasteiger partial charge in [0.05, 0.1) is 12.8 Å². The summed E-state index contributed by atoms with van der Waals surface area (Å²) in [7, 11) is 0. The molecule has 4 aliphatic rings. The van der Waals surface area contributed by atoms with Crippen LogP contribution in [0.2, 0.25) is 0 Å². The van der Waals surface area contributed by atoms with Gasteiger partial charge in [0.1, 0.15) is 6.10 Å². The van der Waals surface area contributed by atoms with Gasteiger partial charge >= 0.3 is 11.9 Å². The van der Waals surface area contributed by atoms with Crippen molar-refractivity contribution in [3.63, 3.8) is 0 Å². The smallest absolute Gasteiger partial charge is 0.306 e. The van der Waals surface area contributed by atoms with Crippen LogP contribution >= 0.6 is 0 Å². The maximum absolute atomic E-state index is 12.1. The van der Waals surface area contributed by atoms with E-state index in [1.54, 1.807) is 5.57 Å². The van der Waals surface area contributed by atoms with Crippen molar-refractivity contribution in [2.75, 3.05) is 0 Å². The number of esters is 1. The highest BCUT2D eigenvalue weighted by Gasteiger charge is 2.57. The van der Waals surface area contributed by atoms with Crippen LogP contribution in [0.25, 0.3) is 0 Å². The first kappa shape index (κ1) is 27.2. The van der Waals surface area contributed by atoms with Gasteiger partial charge in [-0.15, -0.1) is 0 Å². The van der Waals surface area contributed by atoms with E-state index in [1.165, 1.54) is 31.3 Å². The lowest BCUT2D eigenvalue weighted by molar-refractivity contribution is -0.153. The van der Waals surface area contributed by atoms with E-state index < -0.39 is 5.97 Å². The van der Waals surface area contributed by atoms with Crippen molar-refractivity contribution in [3.8, 4) is 0 Å². The topological polar surface area (TPSA) is 63.6 Å².